The van der Waals surface area contributed by atoms with Crippen LogP contribution in [-0.2, 0) is 0 Å². The average Bonchev–Trinajstić information content (AvgIpc) is 3.55. The smallest absolute Gasteiger partial charge is 0.0534 e. The van der Waals surface area contributed by atoms with E-state index >= 15 is 0 Å². The number of hydrogen-bond donors (Lipinski definition) is 0. The van der Waals surface area contributed by atoms with Gasteiger partial charge in [-0.05, 0) is 145 Å². The molecule has 0 amide bonds. The highest BCUT2D eigenvalue weighted by molar-refractivity contribution is 5.82. The van der Waals surface area contributed by atoms with Crippen molar-refractivity contribution < 1.29 is 0 Å². The van der Waals surface area contributed by atoms with Crippen molar-refractivity contribution in [3.05, 3.63) is 166 Å². The van der Waals surface area contributed by atoms with Crippen LogP contribution in [0.5, 0.6) is 0 Å². The Labute approximate surface area is 290 Å². The number of anilines is 2. The van der Waals surface area contributed by atoms with Gasteiger partial charge in [0.05, 0.1) is 11.4 Å². The molecule has 0 saturated heterocycles. The molecule has 1 aromatic heterocycles. The predicted octanol–water partition coefficient (Wildman–Crippen LogP) is 13.8. The highest BCUT2D eigenvalue weighted by atomic mass is 15.1. The van der Waals surface area contributed by atoms with Crippen LogP contribution in [0, 0.1) is 6.92 Å². The number of nitrogens with zero attached hydrogens (tertiary/aromatic N) is 2. The van der Waals surface area contributed by atoms with E-state index in [1.807, 2.05) is 26.0 Å². The zero-order valence-electron chi connectivity index (χ0n) is 30.5. The third kappa shape index (κ3) is 8.06. The Hall–Kier alpha value is -5.08. The number of allylic oxidation sites excluding steroid dienone is 14. The molecule has 0 spiro atoms. The van der Waals surface area contributed by atoms with E-state index in [0.29, 0.717) is 0 Å². The van der Waals surface area contributed by atoms with Crippen molar-refractivity contribution in [2.45, 2.75) is 68.7 Å². The third-order valence-corrected chi connectivity index (χ3v) is 8.69. The second kappa shape index (κ2) is 16.2. The topological polar surface area (TPSA) is 8.17 Å². The molecule has 0 N–H and O–H groups in total. The van der Waals surface area contributed by atoms with Crippen molar-refractivity contribution >= 4 is 46.9 Å². The zero-order chi connectivity index (χ0) is 35.0. The van der Waals surface area contributed by atoms with Crippen LogP contribution in [0.1, 0.15) is 95.5 Å². The van der Waals surface area contributed by atoms with Gasteiger partial charge in [-0.25, -0.2) is 0 Å². The lowest BCUT2D eigenvalue weighted by atomic mass is 10.0. The maximum absolute atomic E-state index is 4.12. The molecule has 0 aliphatic heterocycles. The van der Waals surface area contributed by atoms with Gasteiger partial charge in [-0.15, -0.1) is 0 Å². The van der Waals surface area contributed by atoms with Gasteiger partial charge >= 0.3 is 0 Å². The van der Waals surface area contributed by atoms with Crippen LogP contribution in [0.15, 0.2) is 132 Å². The van der Waals surface area contributed by atoms with Gasteiger partial charge in [0.25, 0.3) is 0 Å². The van der Waals surface area contributed by atoms with Gasteiger partial charge in [-0.1, -0.05) is 91.1 Å². The van der Waals surface area contributed by atoms with E-state index in [2.05, 4.69) is 174 Å². The monoisotopic (exact) mass is 632 g/mol. The molecule has 4 rings (SSSR count). The molecule has 2 heteroatoms. The minimum absolute atomic E-state index is 0.990. The summed E-state index contributed by atoms with van der Waals surface area (Å²) in [6.45, 7) is 27.5. The molecule has 0 radical (unpaired) electrons. The summed E-state index contributed by atoms with van der Waals surface area (Å²) in [6, 6.07) is 17.7. The number of rotatable bonds is 12. The molecule has 2 aromatic carbocycles. The van der Waals surface area contributed by atoms with Crippen LogP contribution in [0.2, 0.25) is 0 Å². The highest BCUT2D eigenvalue weighted by Crippen LogP contribution is 2.35. The SMILES string of the molecule is C=Cc1c(C=C)c(/C=C\C)n(/C(C)=C/C=C(\C)N(c2ccc(C)cc2)c2ccc(/C(C)=C/C3=C(C)C=C(C=C(C)C)C3)cc2)c1/C=C\C. The minimum Gasteiger partial charge on any atom is -0.315 e. The van der Waals surface area contributed by atoms with E-state index in [9.17, 15) is 0 Å². The van der Waals surface area contributed by atoms with Gasteiger partial charge < -0.3 is 9.47 Å². The fraction of sp³-hybridized carbons (Fsp3) is 0.217. The van der Waals surface area contributed by atoms with Gasteiger partial charge in [0, 0.05) is 33.9 Å². The predicted molar refractivity (Wildman–Crippen MR) is 216 cm³/mol. The maximum atomic E-state index is 4.12. The van der Waals surface area contributed by atoms with Crippen molar-refractivity contribution in [2.75, 3.05) is 4.90 Å². The van der Waals surface area contributed by atoms with Crippen molar-refractivity contribution in [3.8, 4) is 0 Å². The van der Waals surface area contributed by atoms with Crippen LogP contribution in [-0.4, -0.2) is 4.57 Å². The molecule has 48 heavy (non-hydrogen) atoms. The Kier molecular flexibility index (Phi) is 12.0. The van der Waals surface area contributed by atoms with Crippen LogP contribution in [0.25, 0.3) is 35.6 Å². The van der Waals surface area contributed by atoms with Gasteiger partial charge in [-0.3, -0.25) is 0 Å². The molecule has 0 unspecified atom stereocenters. The normalized spacial score (nSPS) is 14.3. The standard InChI is InChI=1S/C46H52N2/c1-12-16-45-43(14-3)44(15-4)46(17-13-2)48(45)37(11)21-20-36(10)47(41-24-18-33(7)19-25-41)42-26-22-39(23-27-42)35(9)30-40-31-38(28-32(5)6)29-34(40)8/h12-30H,3-4,31H2,1-2,5-11H3/b16-12-,17-13-,35-30+,36-20+,37-21+. The molecule has 1 aliphatic rings. The van der Waals surface area contributed by atoms with E-state index in [1.54, 1.807) is 0 Å². The van der Waals surface area contributed by atoms with E-state index in [4.69, 9.17) is 0 Å². The summed E-state index contributed by atoms with van der Waals surface area (Å²) in [6.07, 6.45) is 24.6. The first-order valence-corrected chi connectivity index (χ1v) is 16.9. The Morgan fingerprint density at radius 2 is 1.27 bits per heavy atom. The Balaban J connectivity index is 1.74. The maximum Gasteiger partial charge on any atom is 0.0534 e. The van der Waals surface area contributed by atoms with Gasteiger partial charge in [0.15, 0.2) is 0 Å². The first-order valence-electron chi connectivity index (χ1n) is 16.9. The van der Waals surface area contributed by atoms with Crippen LogP contribution in [0.4, 0.5) is 11.4 Å². The molecule has 0 bridgehead atoms. The molecule has 0 saturated carbocycles. The Morgan fingerprint density at radius 3 is 1.77 bits per heavy atom. The molecular formula is C46H52N2. The molecule has 0 fully saturated rings. The molecule has 0 atom stereocenters. The Morgan fingerprint density at radius 1 is 0.729 bits per heavy atom. The van der Waals surface area contributed by atoms with Gasteiger partial charge in [0.1, 0.15) is 0 Å². The summed E-state index contributed by atoms with van der Waals surface area (Å²) < 4.78 is 2.29. The lowest BCUT2D eigenvalue weighted by molar-refractivity contribution is 1.06. The van der Waals surface area contributed by atoms with Crippen molar-refractivity contribution in [2.24, 2.45) is 0 Å². The van der Waals surface area contributed by atoms with Gasteiger partial charge in [0.2, 0.25) is 0 Å². The first-order chi connectivity index (χ1) is 23.0. The summed E-state index contributed by atoms with van der Waals surface area (Å²) in [7, 11) is 0. The molecule has 246 valence electrons. The number of aromatic nitrogens is 1. The summed E-state index contributed by atoms with van der Waals surface area (Å²) in [5.41, 5.74) is 18.0. The quantitative estimate of drug-likeness (QED) is 0.180. The lowest BCUT2D eigenvalue weighted by Crippen LogP contribution is -2.14. The summed E-state index contributed by atoms with van der Waals surface area (Å²) in [5.74, 6) is 0. The number of aryl methyl sites for hydroxylation is 1. The minimum atomic E-state index is 0.990. The van der Waals surface area contributed by atoms with Crippen molar-refractivity contribution in [3.63, 3.8) is 0 Å². The summed E-state index contributed by atoms with van der Waals surface area (Å²) >= 11 is 0. The molecule has 1 heterocycles. The fourth-order valence-corrected chi connectivity index (χ4v) is 6.37. The second-order valence-electron chi connectivity index (χ2n) is 12.8. The van der Waals surface area contributed by atoms with E-state index in [-0.39, 0.29) is 0 Å². The number of benzene rings is 2. The van der Waals surface area contributed by atoms with E-state index in [0.717, 1.165) is 51.7 Å². The number of hydrogen-bond acceptors (Lipinski definition) is 1. The molecule has 3 aromatic rings. The zero-order valence-corrected chi connectivity index (χ0v) is 30.5. The molecular weight excluding hydrogens is 581 g/mol. The van der Waals surface area contributed by atoms with E-state index < -0.39 is 0 Å². The van der Waals surface area contributed by atoms with Crippen LogP contribution in [0.3, 0.4) is 0 Å². The van der Waals surface area contributed by atoms with Gasteiger partial charge in [-0.2, -0.15) is 0 Å². The Bertz CT molecular complexity index is 1870. The molecule has 2 nitrogen and oxygen atoms in total. The van der Waals surface area contributed by atoms with Crippen molar-refractivity contribution in [1.82, 2.24) is 4.57 Å². The van der Waals surface area contributed by atoms with E-state index in [1.165, 1.54) is 39.0 Å². The summed E-state index contributed by atoms with van der Waals surface area (Å²) in [5, 5.41) is 0. The lowest BCUT2D eigenvalue weighted by Gasteiger charge is -2.26. The van der Waals surface area contributed by atoms with Crippen LogP contribution >= 0.6 is 0 Å². The largest absolute Gasteiger partial charge is 0.315 e. The third-order valence-electron chi connectivity index (χ3n) is 8.69. The fourth-order valence-electron chi connectivity index (χ4n) is 6.37. The average molecular weight is 633 g/mol. The highest BCUT2D eigenvalue weighted by Gasteiger charge is 2.18. The molecule has 1 aliphatic carbocycles. The second-order valence-corrected chi connectivity index (χ2v) is 12.8. The van der Waals surface area contributed by atoms with Crippen molar-refractivity contribution in [1.29, 1.82) is 0 Å². The van der Waals surface area contributed by atoms with Crippen LogP contribution < -0.4 is 4.90 Å². The first kappa shape index (κ1) is 35.8. The summed E-state index contributed by atoms with van der Waals surface area (Å²) in [4.78, 5) is 2.32.